The molecule has 2 fully saturated rings. The van der Waals surface area contributed by atoms with Crippen LogP contribution in [0.25, 0.3) is 0 Å². The first-order valence-electron chi connectivity index (χ1n) is 7.44. The predicted molar refractivity (Wildman–Crippen MR) is 80.1 cm³/mol. The van der Waals surface area contributed by atoms with Crippen LogP contribution in [0.1, 0.15) is 38.7 Å². The lowest BCUT2D eigenvalue weighted by Crippen LogP contribution is -2.69. The Morgan fingerprint density at radius 2 is 2.19 bits per heavy atom. The SMILES string of the molecule is CC(C)[C@H]1N(c2ccc([N+](=O)[O-])cc2C#N)CC12CCC2. The van der Waals surface area contributed by atoms with Crippen molar-refractivity contribution in [1.82, 2.24) is 0 Å². The molecule has 110 valence electrons. The van der Waals surface area contributed by atoms with Crippen molar-refractivity contribution >= 4 is 11.4 Å². The van der Waals surface area contributed by atoms with Crippen LogP contribution < -0.4 is 4.90 Å². The summed E-state index contributed by atoms with van der Waals surface area (Å²) in [6.45, 7) is 5.41. The molecule has 1 saturated carbocycles. The van der Waals surface area contributed by atoms with E-state index in [9.17, 15) is 15.4 Å². The van der Waals surface area contributed by atoms with Crippen molar-refractivity contribution in [1.29, 1.82) is 5.26 Å². The molecule has 2 aliphatic rings. The Labute approximate surface area is 124 Å². The van der Waals surface area contributed by atoms with Crippen LogP contribution in [0.4, 0.5) is 11.4 Å². The standard InChI is InChI=1S/C16H19N3O2/c1-11(2)15-16(6-3-7-16)10-18(15)14-5-4-13(19(20)21)8-12(14)9-17/h4-5,8,11,15H,3,6-7,10H2,1-2H3/t15-/m1/s1. The van der Waals surface area contributed by atoms with Crippen molar-refractivity contribution < 1.29 is 4.92 Å². The van der Waals surface area contributed by atoms with Gasteiger partial charge in [-0.05, 0) is 24.8 Å². The van der Waals surface area contributed by atoms with Gasteiger partial charge in [0.2, 0.25) is 0 Å². The fourth-order valence-corrected chi connectivity index (χ4v) is 4.11. The fourth-order valence-electron chi connectivity index (χ4n) is 4.11. The molecule has 1 aliphatic heterocycles. The Hall–Kier alpha value is -2.09. The quantitative estimate of drug-likeness (QED) is 0.629. The number of anilines is 1. The number of nitro groups is 1. The fraction of sp³-hybridized carbons (Fsp3) is 0.562. The molecule has 1 heterocycles. The second-order valence-electron chi connectivity index (χ2n) is 6.60. The third-order valence-electron chi connectivity index (χ3n) is 5.05. The van der Waals surface area contributed by atoms with Crippen molar-refractivity contribution in [2.45, 2.75) is 39.2 Å². The van der Waals surface area contributed by atoms with Gasteiger partial charge in [-0.1, -0.05) is 20.3 Å². The normalized spacial score (nSPS) is 22.6. The van der Waals surface area contributed by atoms with Crippen molar-refractivity contribution in [3.8, 4) is 6.07 Å². The van der Waals surface area contributed by atoms with E-state index in [4.69, 9.17) is 0 Å². The smallest absolute Gasteiger partial charge is 0.270 e. The molecule has 1 aromatic rings. The van der Waals surface area contributed by atoms with Gasteiger partial charge in [0.05, 0.1) is 16.2 Å². The highest BCUT2D eigenvalue weighted by Gasteiger charge is 2.56. The molecule has 0 aromatic heterocycles. The third-order valence-corrected chi connectivity index (χ3v) is 5.05. The van der Waals surface area contributed by atoms with Gasteiger partial charge in [-0.3, -0.25) is 10.1 Å². The minimum Gasteiger partial charge on any atom is -0.366 e. The van der Waals surface area contributed by atoms with E-state index in [1.165, 1.54) is 31.4 Å². The Morgan fingerprint density at radius 3 is 2.67 bits per heavy atom. The summed E-state index contributed by atoms with van der Waals surface area (Å²) in [6, 6.07) is 7.18. The molecule has 3 rings (SSSR count). The monoisotopic (exact) mass is 285 g/mol. The summed E-state index contributed by atoms with van der Waals surface area (Å²) in [6.07, 6.45) is 3.82. The number of nitriles is 1. The van der Waals surface area contributed by atoms with Gasteiger partial charge < -0.3 is 4.90 Å². The summed E-state index contributed by atoms with van der Waals surface area (Å²) >= 11 is 0. The van der Waals surface area contributed by atoms with Crippen molar-refractivity contribution in [3.05, 3.63) is 33.9 Å². The van der Waals surface area contributed by atoms with Crippen molar-refractivity contribution in [2.75, 3.05) is 11.4 Å². The van der Waals surface area contributed by atoms with Gasteiger partial charge in [0.1, 0.15) is 6.07 Å². The minimum atomic E-state index is -0.450. The van der Waals surface area contributed by atoms with Crippen LogP contribution in [0.5, 0.6) is 0 Å². The second kappa shape index (κ2) is 4.73. The van der Waals surface area contributed by atoms with E-state index in [0.29, 0.717) is 22.9 Å². The van der Waals surface area contributed by atoms with E-state index in [0.717, 1.165) is 12.2 Å². The van der Waals surface area contributed by atoms with Gasteiger partial charge in [0.15, 0.2) is 0 Å². The lowest BCUT2D eigenvalue weighted by atomic mass is 9.55. The van der Waals surface area contributed by atoms with Crippen LogP contribution in [-0.4, -0.2) is 17.5 Å². The zero-order valence-corrected chi connectivity index (χ0v) is 12.4. The Kier molecular flexibility index (Phi) is 3.12. The summed E-state index contributed by atoms with van der Waals surface area (Å²) in [4.78, 5) is 12.7. The van der Waals surface area contributed by atoms with Gasteiger partial charge >= 0.3 is 0 Å². The lowest BCUT2D eigenvalue weighted by Gasteiger charge is -2.65. The van der Waals surface area contributed by atoms with E-state index in [1.54, 1.807) is 6.07 Å². The molecule has 1 atom stereocenters. The average molecular weight is 285 g/mol. The lowest BCUT2D eigenvalue weighted by molar-refractivity contribution is -0.384. The van der Waals surface area contributed by atoms with Gasteiger partial charge in [-0.15, -0.1) is 0 Å². The number of nitro benzene ring substituents is 1. The summed E-state index contributed by atoms with van der Waals surface area (Å²) in [5, 5.41) is 20.2. The molecule has 0 unspecified atom stereocenters. The number of nitrogens with zero attached hydrogens (tertiary/aromatic N) is 3. The average Bonchev–Trinajstić information content (AvgIpc) is 2.35. The summed E-state index contributed by atoms with van der Waals surface area (Å²) in [5.74, 6) is 0.515. The van der Waals surface area contributed by atoms with Gasteiger partial charge in [-0.2, -0.15) is 5.26 Å². The van der Waals surface area contributed by atoms with Crippen LogP contribution in [0.2, 0.25) is 0 Å². The van der Waals surface area contributed by atoms with Crippen molar-refractivity contribution in [2.24, 2.45) is 11.3 Å². The molecule has 1 aromatic carbocycles. The number of non-ortho nitro benzene ring substituents is 1. The molecule has 0 amide bonds. The molecule has 1 saturated heterocycles. The van der Waals surface area contributed by atoms with Gasteiger partial charge in [0.25, 0.3) is 5.69 Å². The first-order chi connectivity index (χ1) is 9.98. The van der Waals surface area contributed by atoms with Gasteiger partial charge in [-0.25, -0.2) is 0 Å². The van der Waals surface area contributed by atoms with Crippen LogP contribution in [0, 0.1) is 32.8 Å². The molecular weight excluding hydrogens is 266 g/mol. The maximum atomic E-state index is 10.8. The molecule has 21 heavy (non-hydrogen) atoms. The minimum absolute atomic E-state index is 0.0183. The number of benzene rings is 1. The molecule has 0 N–H and O–H groups in total. The molecular formula is C16H19N3O2. The molecule has 1 spiro atoms. The van der Waals surface area contributed by atoms with E-state index >= 15 is 0 Å². The maximum Gasteiger partial charge on any atom is 0.270 e. The second-order valence-corrected chi connectivity index (χ2v) is 6.60. The largest absolute Gasteiger partial charge is 0.366 e. The Morgan fingerprint density at radius 1 is 1.48 bits per heavy atom. The van der Waals surface area contributed by atoms with Crippen LogP contribution in [0.3, 0.4) is 0 Å². The van der Waals surface area contributed by atoms with Crippen LogP contribution in [0.15, 0.2) is 18.2 Å². The number of hydrogen-bond acceptors (Lipinski definition) is 4. The van der Waals surface area contributed by atoms with Crippen LogP contribution >= 0.6 is 0 Å². The highest BCUT2D eigenvalue weighted by Crippen LogP contribution is 2.56. The van der Waals surface area contributed by atoms with E-state index in [2.05, 4.69) is 24.8 Å². The molecule has 0 radical (unpaired) electrons. The number of rotatable bonds is 3. The zero-order valence-electron chi connectivity index (χ0n) is 12.4. The van der Waals surface area contributed by atoms with Crippen LogP contribution in [-0.2, 0) is 0 Å². The summed E-state index contributed by atoms with van der Waals surface area (Å²) in [5.41, 5.74) is 1.65. The van der Waals surface area contributed by atoms with Crippen molar-refractivity contribution in [3.63, 3.8) is 0 Å². The van der Waals surface area contributed by atoms with Gasteiger partial charge in [0, 0.05) is 30.1 Å². The zero-order chi connectivity index (χ0) is 15.2. The Bertz CT molecular complexity index is 629. The summed E-state index contributed by atoms with van der Waals surface area (Å²) in [7, 11) is 0. The topological polar surface area (TPSA) is 70.2 Å². The summed E-state index contributed by atoms with van der Waals surface area (Å²) < 4.78 is 0. The maximum absolute atomic E-state index is 10.8. The molecule has 5 heteroatoms. The molecule has 5 nitrogen and oxygen atoms in total. The highest BCUT2D eigenvalue weighted by molar-refractivity contribution is 5.65. The first-order valence-corrected chi connectivity index (χ1v) is 7.44. The highest BCUT2D eigenvalue weighted by atomic mass is 16.6. The third kappa shape index (κ3) is 1.98. The Balaban J connectivity index is 1.94. The number of hydrogen-bond donors (Lipinski definition) is 0. The van der Waals surface area contributed by atoms with E-state index in [1.807, 2.05) is 0 Å². The van der Waals surface area contributed by atoms with E-state index in [-0.39, 0.29) is 5.69 Å². The first kappa shape index (κ1) is 13.9. The van der Waals surface area contributed by atoms with E-state index < -0.39 is 4.92 Å². The molecule has 1 aliphatic carbocycles. The molecule has 0 bridgehead atoms. The predicted octanol–water partition coefficient (Wildman–Crippen LogP) is 3.48.